The zero-order valence-electron chi connectivity index (χ0n) is 9.68. The molecular formula is C11H15ClO4S. The van der Waals surface area contributed by atoms with Crippen LogP contribution < -0.4 is 0 Å². The molecule has 1 rings (SSSR count). The van der Waals surface area contributed by atoms with Crippen LogP contribution in [-0.2, 0) is 14.9 Å². The molecule has 0 amide bonds. The van der Waals surface area contributed by atoms with Gasteiger partial charge < -0.3 is 0 Å². The van der Waals surface area contributed by atoms with Crippen LogP contribution in [-0.4, -0.2) is 18.2 Å². The van der Waals surface area contributed by atoms with E-state index in [-0.39, 0.29) is 10.1 Å². The van der Waals surface area contributed by atoms with E-state index in [4.69, 9.17) is 16.2 Å². The van der Waals surface area contributed by atoms with Gasteiger partial charge >= 0.3 is 0 Å². The molecule has 0 bridgehead atoms. The summed E-state index contributed by atoms with van der Waals surface area (Å²) >= 11 is 4.94. The minimum absolute atomic E-state index is 0.0666. The second-order valence-electron chi connectivity index (χ2n) is 3.39. The molecule has 0 fully saturated rings. The van der Waals surface area contributed by atoms with E-state index >= 15 is 0 Å². The van der Waals surface area contributed by atoms with Gasteiger partial charge in [-0.2, -0.15) is 8.42 Å². The Morgan fingerprint density at radius 1 is 1.29 bits per heavy atom. The predicted molar refractivity (Wildman–Crippen MR) is 66.8 cm³/mol. The lowest BCUT2D eigenvalue weighted by atomic mass is 10.2. The smallest absolute Gasteiger partial charge is 0.282 e. The minimum atomic E-state index is -4.02. The summed E-state index contributed by atoms with van der Waals surface area (Å²) in [7, 11) is -4.02. The lowest BCUT2D eigenvalue weighted by Crippen LogP contribution is -1.96. The largest absolute Gasteiger partial charge is 0.294 e. The van der Waals surface area contributed by atoms with E-state index in [0.717, 1.165) is 12.0 Å². The molecule has 0 aromatic heterocycles. The van der Waals surface area contributed by atoms with Crippen LogP contribution >= 0.6 is 11.6 Å². The van der Waals surface area contributed by atoms with Crippen LogP contribution in [0.25, 0.3) is 0 Å². The number of aryl methyl sites for hydroxylation is 1. The molecule has 0 saturated carbocycles. The van der Waals surface area contributed by atoms with Crippen LogP contribution in [0.1, 0.15) is 25.3 Å². The van der Waals surface area contributed by atoms with Gasteiger partial charge in [-0.3, -0.25) is 9.35 Å². The van der Waals surface area contributed by atoms with Crippen LogP contribution in [0.5, 0.6) is 0 Å². The first-order valence-corrected chi connectivity index (χ1v) is 6.81. The number of hydrogen-bond acceptors (Lipinski definition) is 3. The molecule has 0 aliphatic rings. The molecule has 4 nitrogen and oxygen atoms in total. The summed E-state index contributed by atoms with van der Waals surface area (Å²) in [4.78, 5) is 9.74. The average Bonchev–Trinajstić information content (AvgIpc) is 2.17. The molecule has 0 heterocycles. The third-order valence-electron chi connectivity index (χ3n) is 1.77. The van der Waals surface area contributed by atoms with Crippen molar-refractivity contribution in [3.8, 4) is 0 Å². The molecule has 0 aliphatic heterocycles. The van der Waals surface area contributed by atoms with Gasteiger partial charge in [0.05, 0.1) is 4.90 Å². The quantitative estimate of drug-likeness (QED) is 0.682. The highest BCUT2D eigenvalue weighted by Gasteiger charge is 2.06. The summed E-state index contributed by atoms with van der Waals surface area (Å²) in [5.74, 6) is 0. The highest BCUT2D eigenvalue weighted by Crippen LogP contribution is 2.08. The lowest BCUT2D eigenvalue weighted by molar-refractivity contribution is -0.111. The first-order chi connectivity index (χ1) is 7.77. The number of halogens is 1. The van der Waals surface area contributed by atoms with Gasteiger partial charge in [-0.05, 0) is 37.1 Å². The molecule has 0 saturated heterocycles. The Bertz CT molecular complexity index is 451. The Hall–Kier alpha value is -0.910. The van der Waals surface area contributed by atoms with Gasteiger partial charge in [0.1, 0.15) is 0 Å². The summed E-state index contributed by atoms with van der Waals surface area (Å²) < 4.78 is 29.6. The second-order valence-corrected chi connectivity index (χ2v) is 5.24. The third-order valence-corrected chi connectivity index (χ3v) is 2.82. The summed E-state index contributed by atoms with van der Waals surface area (Å²) in [5.41, 5.74) is 0.956. The minimum Gasteiger partial charge on any atom is -0.282 e. The SMILES string of the molecule is CCCC(=O)Cl.Cc1ccc(S(=O)(=O)O)cc1. The zero-order valence-corrected chi connectivity index (χ0v) is 11.3. The molecule has 0 spiro atoms. The van der Waals surface area contributed by atoms with Crippen molar-refractivity contribution in [1.82, 2.24) is 0 Å². The summed E-state index contributed by atoms with van der Waals surface area (Å²) in [6.07, 6.45) is 1.35. The Morgan fingerprint density at radius 2 is 1.76 bits per heavy atom. The monoisotopic (exact) mass is 278 g/mol. The van der Waals surface area contributed by atoms with E-state index in [2.05, 4.69) is 0 Å². The maximum Gasteiger partial charge on any atom is 0.294 e. The van der Waals surface area contributed by atoms with Crippen molar-refractivity contribution in [3.63, 3.8) is 0 Å². The van der Waals surface area contributed by atoms with Gasteiger partial charge in [0.2, 0.25) is 5.24 Å². The number of hydrogen-bond donors (Lipinski definition) is 1. The zero-order chi connectivity index (χ0) is 13.5. The fraction of sp³-hybridized carbons (Fsp3) is 0.364. The highest BCUT2D eigenvalue weighted by molar-refractivity contribution is 7.85. The Morgan fingerprint density at radius 3 is 2.00 bits per heavy atom. The summed E-state index contributed by atoms with van der Waals surface area (Å²) in [5, 5.41) is -0.238. The topological polar surface area (TPSA) is 71.4 Å². The molecular weight excluding hydrogens is 264 g/mol. The van der Waals surface area contributed by atoms with Crippen molar-refractivity contribution in [2.24, 2.45) is 0 Å². The maximum atomic E-state index is 10.5. The van der Waals surface area contributed by atoms with E-state index in [0.29, 0.717) is 6.42 Å². The molecule has 0 unspecified atom stereocenters. The van der Waals surface area contributed by atoms with Crippen LogP contribution in [0.15, 0.2) is 29.2 Å². The predicted octanol–water partition coefficient (Wildman–Crippen LogP) is 2.79. The van der Waals surface area contributed by atoms with Gasteiger partial charge in [0.25, 0.3) is 10.1 Å². The normalized spacial score (nSPS) is 10.4. The van der Waals surface area contributed by atoms with Crippen molar-refractivity contribution in [2.45, 2.75) is 31.6 Å². The third kappa shape index (κ3) is 7.90. The number of benzene rings is 1. The van der Waals surface area contributed by atoms with Crippen molar-refractivity contribution in [3.05, 3.63) is 29.8 Å². The van der Waals surface area contributed by atoms with E-state index in [9.17, 15) is 13.2 Å². The van der Waals surface area contributed by atoms with Gasteiger partial charge in [0, 0.05) is 6.42 Å². The van der Waals surface area contributed by atoms with E-state index < -0.39 is 10.1 Å². The average molecular weight is 279 g/mol. The Labute approximate surface area is 106 Å². The first kappa shape index (κ1) is 16.1. The van der Waals surface area contributed by atoms with Crippen LogP contribution in [0.2, 0.25) is 0 Å². The van der Waals surface area contributed by atoms with Crippen LogP contribution in [0, 0.1) is 6.92 Å². The van der Waals surface area contributed by atoms with E-state index in [1.165, 1.54) is 12.1 Å². The van der Waals surface area contributed by atoms with Gasteiger partial charge in [-0.25, -0.2) is 0 Å². The molecule has 1 aromatic carbocycles. The molecule has 1 aromatic rings. The van der Waals surface area contributed by atoms with E-state index in [1.807, 2.05) is 13.8 Å². The molecule has 1 N–H and O–H groups in total. The van der Waals surface area contributed by atoms with Crippen molar-refractivity contribution < 1.29 is 17.8 Å². The van der Waals surface area contributed by atoms with Gasteiger partial charge in [-0.1, -0.05) is 24.6 Å². The molecule has 0 aliphatic carbocycles. The van der Waals surface area contributed by atoms with E-state index in [1.54, 1.807) is 12.1 Å². The lowest BCUT2D eigenvalue weighted by Gasteiger charge is -1.95. The molecule has 17 heavy (non-hydrogen) atoms. The molecule has 6 heteroatoms. The Balaban J connectivity index is 0.000000366. The first-order valence-electron chi connectivity index (χ1n) is 5.00. The van der Waals surface area contributed by atoms with Crippen LogP contribution in [0.3, 0.4) is 0 Å². The van der Waals surface area contributed by atoms with Gasteiger partial charge in [0.15, 0.2) is 0 Å². The van der Waals surface area contributed by atoms with Crippen molar-refractivity contribution >= 4 is 27.0 Å². The fourth-order valence-corrected chi connectivity index (χ4v) is 1.58. The fourth-order valence-electron chi connectivity index (χ4n) is 0.907. The van der Waals surface area contributed by atoms with Gasteiger partial charge in [-0.15, -0.1) is 0 Å². The highest BCUT2D eigenvalue weighted by atomic mass is 35.5. The Kier molecular flexibility index (Phi) is 7.03. The second kappa shape index (κ2) is 7.42. The molecule has 0 atom stereocenters. The number of carbonyl (C=O) groups is 1. The standard InChI is InChI=1S/C7H8O3S.C4H7ClO/c1-6-2-4-7(5-3-6)11(8,9)10;1-2-3-4(5)6/h2-5H,1H3,(H,8,9,10);2-3H2,1H3. The van der Waals surface area contributed by atoms with Crippen molar-refractivity contribution in [2.75, 3.05) is 0 Å². The number of rotatable bonds is 3. The maximum absolute atomic E-state index is 10.5. The molecule has 0 radical (unpaired) electrons. The summed E-state index contributed by atoms with van der Waals surface area (Å²) in [6, 6.07) is 5.99. The van der Waals surface area contributed by atoms with Crippen LogP contribution in [0.4, 0.5) is 0 Å². The number of carbonyl (C=O) groups excluding carboxylic acids is 1. The summed E-state index contributed by atoms with van der Waals surface area (Å²) in [6.45, 7) is 3.76. The molecule has 96 valence electrons. The van der Waals surface area contributed by atoms with Crippen molar-refractivity contribution in [1.29, 1.82) is 0 Å².